The Hall–Kier alpha value is -1.13. The highest BCUT2D eigenvalue weighted by Crippen LogP contribution is 2.16. The Kier molecular flexibility index (Phi) is 3.99. The van der Waals surface area contributed by atoms with E-state index in [0.29, 0.717) is 5.88 Å². The smallest absolute Gasteiger partial charge is 0.160 e. The monoisotopic (exact) mass is 278 g/mol. The summed E-state index contributed by atoms with van der Waals surface area (Å²) in [6.45, 7) is 4.62. The molecule has 5 heteroatoms. The summed E-state index contributed by atoms with van der Waals surface area (Å²) >= 11 is 5.99. The number of imidazole rings is 1. The maximum atomic E-state index is 5.99. The summed E-state index contributed by atoms with van der Waals surface area (Å²) < 4.78 is 2.17. The Labute approximate surface area is 118 Å². The van der Waals surface area contributed by atoms with Gasteiger partial charge in [0, 0.05) is 12.7 Å². The van der Waals surface area contributed by atoms with Crippen molar-refractivity contribution >= 4 is 22.8 Å². The molecule has 0 radical (unpaired) electrons. The number of alkyl halides is 1. The molecule has 1 aliphatic rings. The van der Waals surface area contributed by atoms with Crippen molar-refractivity contribution in [3.63, 3.8) is 0 Å². The van der Waals surface area contributed by atoms with E-state index in [1.165, 1.54) is 25.9 Å². The lowest BCUT2D eigenvalue weighted by molar-refractivity contribution is 0.325. The Morgan fingerprint density at radius 2 is 2.05 bits per heavy atom. The predicted molar refractivity (Wildman–Crippen MR) is 77.4 cm³/mol. The van der Waals surface area contributed by atoms with Crippen molar-refractivity contribution in [1.82, 2.24) is 19.4 Å². The molecule has 0 spiro atoms. The number of halogens is 1. The van der Waals surface area contributed by atoms with Crippen LogP contribution in [0.15, 0.2) is 18.3 Å². The van der Waals surface area contributed by atoms with Crippen molar-refractivity contribution in [2.75, 3.05) is 19.6 Å². The third kappa shape index (κ3) is 2.74. The molecule has 0 bridgehead atoms. The molecule has 0 N–H and O–H groups in total. The fourth-order valence-electron chi connectivity index (χ4n) is 2.80. The van der Waals surface area contributed by atoms with Crippen LogP contribution in [0.1, 0.15) is 25.1 Å². The normalized spacial score (nSPS) is 16.5. The molecular weight excluding hydrogens is 260 g/mol. The van der Waals surface area contributed by atoms with Crippen LogP contribution >= 0.6 is 11.6 Å². The molecule has 1 fully saturated rings. The van der Waals surface area contributed by atoms with Crippen LogP contribution in [0.25, 0.3) is 11.2 Å². The van der Waals surface area contributed by atoms with Crippen molar-refractivity contribution in [2.45, 2.75) is 31.7 Å². The van der Waals surface area contributed by atoms with E-state index >= 15 is 0 Å². The highest BCUT2D eigenvalue weighted by molar-refractivity contribution is 6.16. The van der Waals surface area contributed by atoms with Crippen LogP contribution in [0, 0.1) is 0 Å². The third-order valence-corrected chi connectivity index (χ3v) is 4.00. The molecule has 0 aromatic carbocycles. The van der Waals surface area contributed by atoms with Crippen molar-refractivity contribution in [2.24, 2.45) is 0 Å². The fourth-order valence-corrected chi connectivity index (χ4v) is 3.01. The molecule has 2 aromatic heterocycles. The molecule has 2 aromatic rings. The van der Waals surface area contributed by atoms with E-state index in [1.54, 1.807) is 0 Å². The maximum absolute atomic E-state index is 5.99. The lowest BCUT2D eigenvalue weighted by Crippen LogP contribution is -2.21. The van der Waals surface area contributed by atoms with Crippen molar-refractivity contribution in [3.8, 4) is 0 Å². The van der Waals surface area contributed by atoms with Crippen molar-refractivity contribution in [3.05, 3.63) is 24.2 Å². The van der Waals surface area contributed by atoms with Gasteiger partial charge in [-0.2, -0.15) is 0 Å². The van der Waals surface area contributed by atoms with Crippen LogP contribution in [0.4, 0.5) is 0 Å². The van der Waals surface area contributed by atoms with Gasteiger partial charge in [-0.25, -0.2) is 9.97 Å². The van der Waals surface area contributed by atoms with E-state index in [-0.39, 0.29) is 0 Å². The fraction of sp³-hybridized carbons (Fsp3) is 0.571. The minimum atomic E-state index is 0.445. The zero-order valence-corrected chi connectivity index (χ0v) is 11.8. The lowest BCUT2D eigenvalue weighted by Gasteiger charge is -2.15. The van der Waals surface area contributed by atoms with Gasteiger partial charge in [-0.05, 0) is 51.0 Å². The standard InChI is InChI=1S/C14H19ClN4/c15-11-13-17-12-5-3-6-16-14(12)19(13)10-4-9-18-7-1-2-8-18/h3,5-6H,1-2,4,7-11H2. The van der Waals surface area contributed by atoms with Crippen LogP contribution in [0.2, 0.25) is 0 Å². The van der Waals surface area contributed by atoms with Gasteiger partial charge < -0.3 is 9.47 Å². The molecule has 0 saturated carbocycles. The van der Waals surface area contributed by atoms with E-state index in [2.05, 4.69) is 19.4 Å². The second-order valence-electron chi connectivity index (χ2n) is 5.06. The van der Waals surface area contributed by atoms with Crippen LogP contribution in [-0.2, 0) is 12.4 Å². The summed E-state index contributed by atoms with van der Waals surface area (Å²) in [5.74, 6) is 1.37. The first kappa shape index (κ1) is 12.9. The van der Waals surface area contributed by atoms with Gasteiger partial charge in [-0.3, -0.25) is 0 Å². The number of rotatable bonds is 5. The molecule has 0 atom stereocenters. The SMILES string of the molecule is ClCc1nc2cccnc2n1CCCN1CCCC1. The first-order valence-electron chi connectivity index (χ1n) is 6.97. The summed E-state index contributed by atoms with van der Waals surface area (Å²) in [6, 6.07) is 3.91. The number of nitrogens with zero attached hydrogens (tertiary/aromatic N) is 4. The minimum Gasteiger partial charge on any atom is -0.312 e. The molecule has 102 valence electrons. The van der Waals surface area contributed by atoms with Crippen molar-refractivity contribution < 1.29 is 0 Å². The highest BCUT2D eigenvalue weighted by Gasteiger charge is 2.13. The minimum absolute atomic E-state index is 0.445. The number of pyridine rings is 1. The summed E-state index contributed by atoms with van der Waals surface area (Å²) in [7, 11) is 0. The molecule has 0 unspecified atom stereocenters. The molecular formula is C14H19ClN4. The van der Waals surface area contributed by atoms with Gasteiger partial charge in [0.15, 0.2) is 5.65 Å². The second kappa shape index (κ2) is 5.88. The maximum Gasteiger partial charge on any atom is 0.160 e. The second-order valence-corrected chi connectivity index (χ2v) is 5.33. The van der Waals surface area contributed by atoms with Crippen LogP contribution in [-0.4, -0.2) is 39.1 Å². The molecule has 4 nitrogen and oxygen atoms in total. The zero-order chi connectivity index (χ0) is 13.1. The molecule has 3 heterocycles. The highest BCUT2D eigenvalue weighted by atomic mass is 35.5. The number of hydrogen-bond acceptors (Lipinski definition) is 3. The van der Waals surface area contributed by atoms with Gasteiger partial charge in [0.25, 0.3) is 0 Å². The number of aryl methyl sites for hydroxylation is 1. The zero-order valence-electron chi connectivity index (χ0n) is 11.1. The lowest BCUT2D eigenvalue weighted by atomic mass is 10.3. The van der Waals surface area contributed by atoms with Crippen LogP contribution in [0.5, 0.6) is 0 Å². The predicted octanol–water partition coefficient (Wildman–Crippen LogP) is 2.66. The first-order valence-corrected chi connectivity index (χ1v) is 7.50. The summed E-state index contributed by atoms with van der Waals surface area (Å²) in [4.78, 5) is 11.5. The average molecular weight is 279 g/mol. The van der Waals surface area contributed by atoms with Gasteiger partial charge in [-0.1, -0.05) is 0 Å². The molecule has 0 amide bonds. The average Bonchev–Trinajstić information content (AvgIpc) is 3.06. The summed E-state index contributed by atoms with van der Waals surface area (Å²) in [5, 5.41) is 0. The largest absolute Gasteiger partial charge is 0.312 e. The van der Waals surface area contributed by atoms with E-state index in [4.69, 9.17) is 11.6 Å². The molecule has 3 rings (SSSR count). The number of fused-ring (bicyclic) bond motifs is 1. The molecule has 1 aliphatic heterocycles. The van der Waals surface area contributed by atoms with Crippen LogP contribution < -0.4 is 0 Å². The Morgan fingerprint density at radius 1 is 1.21 bits per heavy atom. The molecule has 0 aliphatic carbocycles. The Balaban J connectivity index is 1.71. The van der Waals surface area contributed by atoms with Crippen LogP contribution in [0.3, 0.4) is 0 Å². The van der Waals surface area contributed by atoms with E-state index < -0.39 is 0 Å². The van der Waals surface area contributed by atoms with Gasteiger partial charge in [-0.15, -0.1) is 11.6 Å². The van der Waals surface area contributed by atoms with E-state index in [0.717, 1.165) is 36.5 Å². The van der Waals surface area contributed by atoms with Gasteiger partial charge in [0.05, 0.1) is 5.88 Å². The Morgan fingerprint density at radius 3 is 2.84 bits per heavy atom. The van der Waals surface area contributed by atoms with Gasteiger partial charge in [0.2, 0.25) is 0 Å². The first-order chi connectivity index (χ1) is 9.38. The van der Waals surface area contributed by atoms with E-state index in [9.17, 15) is 0 Å². The molecule has 1 saturated heterocycles. The quantitative estimate of drug-likeness (QED) is 0.789. The summed E-state index contributed by atoms with van der Waals surface area (Å²) in [5.41, 5.74) is 1.90. The Bertz CT molecular complexity index is 545. The summed E-state index contributed by atoms with van der Waals surface area (Å²) in [6.07, 6.45) is 5.65. The third-order valence-electron chi connectivity index (χ3n) is 3.76. The number of aromatic nitrogens is 3. The van der Waals surface area contributed by atoms with E-state index in [1.807, 2.05) is 18.3 Å². The van der Waals surface area contributed by atoms with Crippen molar-refractivity contribution in [1.29, 1.82) is 0 Å². The molecule has 19 heavy (non-hydrogen) atoms. The van der Waals surface area contributed by atoms with Gasteiger partial charge in [0.1, 0.15) is 11.3 Å². The number of likely N-dealkylation sites (tertiary alicyclic amines) is 1. The number of hydrogen-bond donors (Lipinski definition) is 0. The van der Waals surface area contributed by atoms with Gasteiger partial charge >= 0.3 is 0 Å². The topological polar surface area (TPSA) is 34.0 Å².